The number of carbonyl (C=O) groups excluding carboxylic acids is 1. The van der Waals surface area contributed by atoms with Gasteiger partial charge >= 0.3 is 0 Å². The van der Waals surface area contributed by atoms with Crippen molar-refractivity contribution in [1.29, 1.82) is 0 Å². The number of rotatable bonds is 4. The van der Waals surface area contributed by atoms with Gasteiger partial charge in [0.05, 0.1) is 16.5 Å². The topological polar surface area (TPSA) is 107 Å². The van der Waals surface area contributed by atoms with E-state index >= 15 is 0 Å². The second-order valence-electron chi connectivity index (χ2n) is 5.05. The van der Waals surface area contributed by atoms with Crippen LogP contribution in [0.1, 0.15) is 0 Å². The van der Waals surface area contributed by atoms with E-state index in [0.29, 0.717) is 10.8 Å². The van der Waals surface area contributed by atoms with Crippen molar-refractivity contribution in [2.45, 2.75) is 6.54 Å². The summed E-state index contributed by atoms with van der Waals surface area (Å²) in [5, 5.41) is 18.4. The summed E-state index contributed by atoms with van der Waals surface area (Å²) in [6, 6.07) is 12.5. The van der Waals surface area contributed by atoms with Crippen LogP contribution < -0.4 is 10.9 Å². The third kappa shape index (κ3) is 3.12. The molecule has 24 heavy (non-hydrogen) atoms. The van der Waals surface area contributed by atoms with Gasteiger partial charge in [0.15, 0.2) is 0 Å². The second-order valence-corrected chi connectivity index (χ2v) is 5.05. The first-order chi connectivity index (χ1) is 11.5. The predicted octanol–water partition coefficient (Wildman–Crippen LogP) is 1.94. The molecule has 1 aromatic heterocycles. The number of nitro benzene ring substituents is 1. The number of nitrogens with zero attached hydrogens (tertiary/aromatic N) is 3. The highest BCUT2D eigenvalue weighted by atomic mass is 16.6. The largest absolute Gasteiger partial charge is 0.324 e. The number of benzene rings is 2. The van der Waals surface area contributed by atoms with E-state index in [2.05, 4.69) is 10.4 Å². The monoisotopic (exact) mass is 324 g/mol. The third-order valence-electron chi connectivity index (χ3n) is 3.40. The van der Waals surface area contributed by atoms with Gasteiger partial charge in [-0.15, -0.1) is 0 Å². The van der Waals surface area contributed by atoms with Crippen LogP contribution in [0.15, 0.2) is 59.5 Å². The van der Waals surface area contributed by atoms with Gasteiger partial charge in [0.2, 0.25) is 5.91 Å². The fraction of sp³-hybridized carbons (Fsp3) is 0.0625. The number of hydrogen-bond donors (Lipinski definition) is 1. The van der Waals surface area contributed by atoms with E-state index in [1.807, 2.05) is 0 Å². The fourth-order valence-electron chi connectivity index (χ4n) is 2.27. The first kappa shape index (κ1) is 15.3. The molecule has 2 aromatic carbocycles. The molecule has 0 unspecified atom stereocenters. The van der Waals surface area contributed by atoms with E-state index in [-0.39, 0.29) is 23.5 Å². The van der Waals surface area contributed by atoms with Gasteiger partial charge in [-0.05, 0) is 12.1 Å². The van der Waals surface area contributed by atoms with Gasteiger partial charge in [-0.3, -0.25) is 19.7 Å². The van der Waals surface area contributed by atoms with Crippen molar-refractivity contribution in [1.82, 2.24) is 9.78 Å². The van der Waals surface area contributed by atoms with Crippen molar-refractivity contribution >= 4 is 28.1 Å². The van der Waals surface area contributed by atoms with Crippen molar-refractivity contribution in [3.63, 3.8) is 0 Å². The van der Waals surface area contributed by atoms with Crippen LogP contribution in [0.5, 0.6) is 0 Å². The minimum Gasteiger partial charge on any atom is -0.324 e. The maximum Gasteiger partial charge on any atom is 0.275 e. The highest BCUT2D eigenvalue weighted by molar-refractivity contribution is 5.91. The van der Waals surface area contributed by atoms with Gasteiger partial charge in [-0.2, -0.15) is 5.10 Å². The fourth-order valence-corrected chi connectivity index (χ4v) is 2.27. The van der Waals surface area contributed by atoms with Crippen LogP contribution in [-0.2, 0) is 11.3 Å². The lowest BCUT2D eigenvalue weighted by Gasteiger charge is -2.07. The highest BCUT2D eigenvalue weighted by Crippen LogP contribution is 2.16. The van der Waals surface area contributed by atoms with Crippen molar-refractivity contribution in [2.75, 3.05) is 5.32 Å². The van der Waals surface area contributed by atoms with E-state index in [0.717, 1.165) is 4.68 Å². The normalized spacial score (nSPS) is 10.5. The van der Waals surface area contributed by atoms with E-state index in [4.69, 9.17) is 0 Å². The molecular formula is C16H12N4O4. The predicted molar refractivity (Wildman–Crippen MR) is 87.7 cm³/mol. The van der Waals surface area contributed by atoms with Gasteiger partial charge in [-0.1, -0.05) is 24.3 Å². The molecule has 3 rings (SSSR count). The Hall–Kier alpha value is -3.55. The SMILES string of the molecule is O=C(Cn1ncc2ccccc2c1=O)Nc1cccc([N+](=O)[O-])c1. The van der Waals surface area contributed by atoms with Gasteiger partial charge in [0.25, 0.3) is 11.2 Å². The number of nitrogens with one attached hydrogen (secondary N) is 1. The number of hydrogen-bond acceptors (Lipinski definition) is 5. The maximum absolute atomic E-state index is 12.3. The molecule has 0 saturated carbocycles. The summed E-state index contributed by atoms with van der Waals surface area (Å²) < 4.78 is 1.05. The molecule has 0 aliphatic carbocycles. The lowest BCUT2D eigenvalue weighted by atomic mass is 10.2. The number of nitro groups is 1. The number of anilines is 1. The molecule has 1 N–H and O–H groups in total. The number of carbonyl (C=O) groups is 1. The molecule has 8 heteroatoms. The first-order valence-electron chi connectivity index (χ1n) is 7.04. The van der Waals surface area contributed by atoms with Crippen LogP contribution in [0.2, 0.25) is 0 Å². The van der Waals surface area contributed by atoms with Crippen LogP contribution in [0.3, 0.4) is 0 Å². The molecule has 0 fully saturated rings. The van der Waals surface area contributed by atoms with Crippen molar-refractivity contribution < 1.29 is 9.72 Å². The van der Waals surface area contributed by atoms with Crippen LogP contribution in [0.25, 0.3) is 10.8 Å². The van der Waals surface area contributed by atoms with E-state index in [9.17, 15) is 19.7 Å². The minimum absolute atomic E-state index is 0.131. The van der Waals surface area contributed by atoms with E-state index in [1.165, 1.54) is 30.5 Å². The number of amides is 1. The van der Waals surface area contributed by atoms with E-state index < -0.39 is 10.8 Å². The van der Waals surface area contributed by atoms with Crippen LogP contribution in [-0.4, -0.2) is 20.6 Å². The lowest BCUT2D eigenvalue weighted by molar-refractivity contribution is -0.384. The summed E-state index contributed by atoms with van der Waals surface area (Å²) in [6.07, 6.45) is 1.51. The zero-order chi connectivity index (χ0) is 17.1. The summed E-state index contributed by atoms with van der Waals surface area (Å²) in [5.41, 5.74) is -0.223. The Kier molecular flexibility index (Phi) is 4.02. The molecule has 0 bridgehead atoms. The maximum atomic E-state index is 12.3. The Morgan fingerprint density at radius 3 is 2.79 bits per heavy atom. The van der Waals surface area contributed by atoms with Gasteiger partial charge in [-0.25, -0.2) is 4.68 Å². The molecule has 8 nitrogen and oxygen atoms in total. The quantitative estimate of drug-likeness (QED) is 0.583. The molecule has 1 heterocycles. The average molecular weight is 324 g/mol. The van der Waals surface area contributed by atoms with Crippen LogP contribution in [0, 0.1) is 10.1 Å². The number of non-ortho nitro benzene ring substituents is 1. The summed E-state index contributed by atoms with van der Waals surface area (Å²) in [5.74, 6) is -0.500. The molecule has 0 aliphatic heterocycles. The molecule has 3 aromatic rings. The van der Waals surface area contributed by atoms with Gasteiger partial charge < -0.3 is 5.32 Å². The second kappa shape index (κ2) is 6.29. The molecule has 0 spiro atoms. The van der Waals surface area contributed by atoms with Crippen molar-refractivity contribution in [3.8, 4) is 0 Å². The van der Waals surface area contributed by atoms with Crippen molar-refractivity contribution in [3.05, 3.63) is 75.2 Å². The standard InChI is InChI=1S/C16H12N4O4/c21-15(18-12-5-3-6-13(8-12)20(23)24)10-19-16(22)14-7-2-1-4-11(14)9-17-19/h1-9H,10H2,(H,18,21). The summed E-state index contributed by atoms with van der Waals surface area (Å²) in [4.78, 5) is 34.5. The first-order valence-corrected chi connectivity index (χ1v) is 7.04. The molecule has 0 aliphatic rings. The smallest absolute Gasteiger partial charge is 0.275 e. The summed E-state index contributed by atoms with van der Waals surface area (Å²) in [7, 11) is 0. The van der Waals surface area contributed by atoms with E-state index in [1.54, 1.807) is 24.3 Å². The molecule has 0 saturated heterocycles. The summed E-state index contributed by atoms with van der Waals surface area (Å²) >= 11 is 0. The lowest BCUT2D eigenvalue weighted by Crippen LogP contribution is -2.29. The molecule has 0 radical (unpaired) electrons. The number of fused-ring (bicyclic) bond motifs is 1. The zero-order valence-corrected chi connectivity index (χ0v) is 12.4. The molecule has 1 amide bonds. The minimum atomic E-state index is -0.551. The van der Waals surface area contributed by atoms with Crippen LogP contribution in [0.4, 0.5) is 11.4 Å². The van der Waals surface area contributed by atoms with Gasteiger partial charge in [0, 0.05) is 23.2 Å². The Bertz CT molecular complexity index is 997. The average Bonchev–Trinajstić information content (AvgIpc) is 2.58. The zero-order valence-electron chi connectivity index (χ0n) is 12.4. The Morgan fingerprint density at radius 1 is 1.21 bits per heavy atom. The Morgan fingerprint density at radius 2 is 2.00 bits per heavy atom. The number of aromatic nitrogens is 2. The van der Waals surface area contributed by atoms with Crippen molar-refractivity contribution in [2.24, 2.45) is 0 Å². The van der Waals surface area contributed by atoms with Crippen LogP contribution >= 0.6 is 0 Å². The Balaban J connectivity index is 1.80. The molecule has 120 valence electrons. The Labute approximate surface area is 135 Å². The molecule has 0 atom stereocenters. The molecular weight excluding hydrogens is 312 g/mol. The highest BCUT2D eigenvalue weighted by Gasteiger charge is 2.11. The van der Waals surface area contributed by atoms with Gasteiger partial charge in [0.1, 0.15) is 6.54 Å². The third-order valence-corrected chi connectivity index (χ3v) is 3.40. The summed E-state index contributed by atoms with van der Waals surface area (Å²) in [6.45, 7) is -0.285.